The van der Waals surface area contributed by atoms with Crippen molar-refractivity contribution in [1.82, 2.24) is 20.0 Å². The molecular formula is C27H40N6O4. The third-order valence-electron chi connectivity index (χ3n) is 7.24. The Kier molecular flexibility index (Phi) is 10.0. The molecule has 0 bridgehead atoms. The predicted molar refractivity (Wildman–Crippen MR) is 141 cm³/mol. The molecule has 1 unspecified atom stereocenters. The highest BCUT2D eigenvalue weighted by Gasteiger charge is 2.40. The standard InChI is InChI=1S/C27H40N6O4/c1-3-4-12-31-18-25(36)33(23(26(31)37)15-20-9-6-5-7-10-20)17-24(35)30-22(19(2)34)14-21-11-8-13-32(16-21)27(28)29/h5-7,9-10,21-23H,3-4,8,11-18H2,1-2H3,(H3,28,29)(H,30,35)/t21-,22?,23-/m1/s1. The van der Waals surface area contributed by atoms with Crippen molar-refractivity contribution in [2.24, 2.45) is 11.7 Å². The smallest absolute Gasteiger partial charge is 0.246 e. The topological polar surface area (TPSA) is 140 Å². The lowest BCUT2D eigenvalue weighted by Gasteiger charge is -2.40. The van der Waals surface area contributed by atoms with Crippen molar-refractivity contribution >= 4 is 29.5 Å². The van der Waals surface area contributed by atoms with E-state index in [1.807, 2.05) is 37.3 Å². The van der Waals surface area contributed by atoms with Gasteiger partial charge < -0.3 is 25.8 Å². The molecule has 202 valence electrons. The molecule has 2 heterocycles. The fourth-order valence-corrected chi connectivity index (χ4v) is 5.15. The van der Waals surface area contributed by atoms with Crippen LogP contribution in [0, 0.1) is 11.3 Å². The Hall–Kier alpha value is -3.43. The van der Waals surface area contributed by atoms with Crippen molar-refractivity contribution in [3.8, 4) is 0 Å². The number of nitrogens with zero attached hydrogens (tertiary/aromatic N) is 3. The molecule has 1 aromatic carbocycles. The van der Waals surface area contributed by atoms with E-state index in [-0.39, 0.29) is 42.6 Å². The lowest BCUT2D eigenvalue weighted by Crippen LogP contribution is -2.62. The average Bonchev–Trinajstić information content (AvgIpc) is 2.87. The van der Waals surface area contributed by atoms with Crippen molar-refractivity contribution in [1.29, 1.82) is 5.41 Å². The van der Waals surface area contributed by atoms with Crippen LogP contribution in [0.2, 0.25) is 0 Å². The summed E-state index contributed by atoms with van der Waals surface area (Å²) in [6.45, 7) is 4.94. The highest BCUT2D eigenvalue weighted by atomic mass is 16.2. The molecule has 37 heavy (non-hydrogen) atoms. The largest absolute Gasteiger partial charge is 0.370 e. The van der Waals surface area contributed by atoms with Gasteiger partial charge in [0.05, 0.1) is 12.6 Å². The fourth-order valence-electron chi connectivity index (χ4n) is 5.15. The number of carbonyl (C=O) groups is 4. The molecule has 2 aliphatic heterocycles. The lowest BCUT2D eigenvalue weighted by atomic mass is 9.90. The number of nitrogens with two attached hydrogens (primary N) is 1. The third-order valence-corrected chi connectivity index (χ3v) is 7.24. The molecule has 3 amide bonds. The third kappa shape index (κ3) is 7.77. The van der Waals surface area contributed by atoms with Crippen molar-refractivity contribution in [3.05, 3.63) is 35.9 Å². The van der Waals surface area contributed by atoms with Gasteiger partial charge in [-0.05, 0) is 44.1 Å². The first-order chi connectivity index (χ1) is 17.7. The number of guanidine groups is 1. The first kappa shape index (κ1) is 28.1. The molecule has 0 spiro atoms. The van der Waals surface area contributed by atoms with E-state index >= 15 is 0 Å². The van der Waals surface area contributed by atoms with E-state index in [9.17, 15) is 19.2 Å². The summed E-state index contributed by atoms with van der Waals surface area (Å²) in [5.74, 6) is -0.918. The molecule has 2 aliphatic rings. The van der Waals surface area contributed by atoms with Gasteiger partial charge in [0, 0.05) is 26.1 Å². The molecule has 2 fully saturated rings. The van der Waals surface area contributed by atoms with E-state index in [1.165, 1.54) is 11.8 Å². The van der Waals surface area contributed by atoms with Crippen molar-refractivity contribution in [2.45, 2.75) is 64.5 Å². The first-order valence-corrected chi connectivity index (χ1v) is 13.2. The number of amides is 3. The highest BCUT2D eigenvalue weighted by molar-refractivity contribution is 5.97. The monoisotopic (exact) mass is 512 g/mol. The summed E-state index contributed by atoms with van der Waals surface area (Å²) >= 11 is 0. The number of hydrogen-bond acceptors (Lipinski definition) is 5. The number of likely N-dealkylation sites (tertiary alicyclic amines) is 1. The van der Waals surface area contributed by atoms with Crippen molar-refractivity contribution in [3.63, 3.8) is 0 Å². The summed E-state index contributed by atoms with van der Waals surface area (Å²) in [6.07, 6.45) is 4.22. The van der Waals surface area contributed by atoms with Gasteiger partial charge in [-0.1, -0.05) is 43.7 Å². The highest BCUT2D eigenvalue weighted by Crippen LogP contribution is 2.22. The van der Waals surface area contributed by atoms with Crippen LogP contribution < -0.4 is 11.1 Å². The normalized spacial score (nSPS) is 21.1. The minimum absolute atomic E-state index is 0.0128. The predicted octanol–water partition coefficient (Wildman–Crippen LogP) is 1.14. The maximum absolute atomic E-state index is 13.4. The van der Waals surface area contributed by atoms with Crippen LogP contribution in [0.5, 0.6) is 0 Å². The van der Waals surface area contributed by atoms with Gasteiger partial charge in [0.15, 0.2) is 11.7 Å². The van der Waals surface area contributed by atoms with Crippen LogP contribution in [-0.2, 0) is 25.6 Å². The maximum Gasteiger partial charge on any atom is 0.246 e. The molecule has 0 aliphatic carbocycles. The van der Waals surface area contributed by atoms with Crippen LogP contribution in [0.25, 0.3) is 0 Å². The molecule has 0 saturated carbocycles. The summed E-state index contributed by atoms with van der Waals surface area (Å²) in [5, 5.41) is 10.5. The molecule has 4 N–H and O–H groups in total. The molecule has 1 aromatic rings. The Morgan fingerprint density at radius 1 is 1.22 bits per heavy atom. The second kappa shape index (κ2) is 13.2. The van der Waals surface area contributed by atoms with E-state index in [1.54, 1.807) is 9.80 Å². The van der Waals surface area contributed by atoms with Crippen LogP contribution >= 0.6 is 0 Å². The molecular weight excluding hydrogens is 472 g/mol. The molecule has 0 aromatic heterocycles. The van der Waals surface area contributed by atoms with Gasteiger partial charge in [-0.15, -0.1) is 0 Å². The Bertz CT molecular complexity index is 984. The Balaban J connectivity index is 1.70. The number of piperazine rings is 1. The van der Waals surface area contributed by atoms with E-state index in [4.69, 9.17) is 11.1 Å². The number of carbonyl (C=O) groups excluding carboxylic acids is 4. The van der Waals surface area contributed by atoms with Crippen molar-refractivity contribution in [2.75, 3.05) is 32.7 Å². The average molecular weight is 513 g/mol. The van der Waals surface area contributed by atoms with Crippen molar-refractivity contribution < 1.29 is 19.2 Å². The number of benzene rings is 1. The van der Waals surface area contributed by atoms with Crippen LogP contribution in [0.1, 0.15) is 51.5 Å². The van der Waals surface area contributed by atoms with Gasteiger partial charge >= 0.3 is 0 Å². The quantitative estimate of drug-likeness (QED) is 0.300. The summed E-state index contributed by atoms with van der Waals surface area (Å²) in [6, 6.07) is 7.99. The Morgan fingerprint density at radius 3 is 2.59 bits per heavy atom. The number of ketones is 1. The molecule has 3 rings (SSSR count). The molecule has 3 atom stereocenters. The first-order valence-electron chi connectivity index (χ1n) is 13.2. The van der Waals surface area contributed by atoms with E-state index < -0.39 is 18.0 Å². The second-order valence-corrected chi connectivity index (χ2v) is 10.1. The number of rotatable bonds is 11. The zero-order valence-corrected chi connectivity index (χ0v) is 21.9. The summed E-state index contributed by atoms with van der Waals surface area (Å²) in [5.41, 5.74) is 6.55. The number of hydrogen-bond donors (Lipinski definition) is 3. The number of nitrogens with one attached hydrogen (secondary N) is 2. The van der Waals surface area contributed by atoms with Gasteiger partial charge in [0.2, 0.25) is 17.7 Å². The zero-order chi connectivity index (χ0) is 26.9. The van der Waals surface area contributed by atoms with E-state index in [2.05, 4.69) is 5.32 Å². The Morgan fingerprint density at radius 2 is 1.95 bits per heavy atom. The molecule has 10 heteroatoms. The zero-order valence-electron chi connectivity index (χ0n) is 21.9. The number of Topliss-reactive ketones (excluding diaryl/α,β-unsaturated/α-hetero) is 1. The van der Waals surface area contributed by atoms with Gasteiger partial charge in [-0.3, -0.25) is 24.6 Å². The van der Waals surface area contributed by atoms with E-state index in [0.717, 1.165) is 31.2 Å². The molecule has 10 nitrogen and oxygen atoms in total. The number of piperidine rings is 1. The van der Waals surface area contributed by atoms with Crippen LogP contribution in [-0.4, -0.2) is 89.0 Å². The lowest BCUT2D eigenvalue weighted by molar-refractivity contribution is -0.157. The maximum atomic E-state index is 13.4. The number of unbranched alkanes of at least 4 members (excludes halogenated alkanes) is 1. The summed E-state index contributed by atoms with van der Waals surface area (Å²) < 4.78 is 0. The van der Waals surface area contributed by atoms with Crippen LogP contribution in [0.4, 0.5) is 0 Å². The minimum Gasteiger partial charge on any atom is -0.370 e. The molecule has 2 saturated heterocycles. The van der Waals surface area contributed by atoms with Gasteiger partial charge in [-0.25, -0.2) is 0 Å². The van der Waals surface area contributed by atoms with Crippen LogP contribution in [0.3, 0.4) is 0 Å². The SMILES string of the molecule is CCCCN1CC(=O)N(CC(=O)NC(C[C@H]2CCCN(C(=N)N)C2)C(C)=O)[C@H](Cc2ccccc2)C1=O. The van der Waals surface area contributed by atoms with Gasteiger partial charge in [0.1, 0.15) is 12.6 Å². The Labute approximate surface area is 219 Å². The van der Waals surface area contributed by atoms with Gasteiger partial charge in [0.25, 0.3) is 0 Å². The fraction of sp³-hybridized carbons (Fsp3) is 0.593. The summed E-state index contributed by atoms with van der Waals surface area (Å²) in [4.78, 5) is 56.7. The molecule has 0 radical (unpaired) electrons. The van der Waals surface area contributed by atoms with E-state index in [0.29, 0.717) is 32.5 Å². The minimum atomic E-state index is -0.774. The van der Waals surface area contributed by atoms with Gasteiger partial charge in [-0.2, -0.15) is 0 Å². The van der Waals surface area contributed by atoms with Crippen LogP contribution in [0.15, 0.2) is 30.3 Å². The second-order valence-electron chi connectivity index (χ2n) is 10.1. The summed E-state index contributed by atoms with van der Waals surface area (Å²) in [7, 11) is 0.